The molecule has 19 heavy (non-hydrogen) atoms. The summed E-state index contributed by atoms with van der Waals surface area (Å²) in [5.41, 5.74) is 3.89. The Balaban J connectivity index is 2.56. The minimum absolute atomic E-state index is 0.254. The van der Waals surface area contributed by atoms with E-state index in [1.165, 1.54) is 11.1 Å². The third-order valence-corrected chi connectivity index (χ3v) is 4.64. The van der Waals surface area contributed by atoms with Gasteiger partial charge in [-0.15, -0.1) is 6.42 Å². The van der Waals surface area contributed by atoms with Crippen molar-refractivity contribution in [3.8, 4) is 18.1 Å². The largest absolute Gasteiger partial charge is 0.493 e. The number of ether oxygens (including phenoxy) is 1. The van der Waals surface area contributed by atoms with Crippen LogP contribution in [0, 0.1) is 12.3 Å². The summed E-state index contributed by atoms with van der Waals surface area (Å²) in [4.78, 5) is 0. The van der Waals surface area contributed by atoms with Crippen LogP contribution in [-0.2, 0) is 11.8 Å². The molecule has 1 aliphatic rings. The van der Waals surface area contributed by atoms with Gasteiger partial charge >= 0.3 is 0 Å². The highest BCUT2D eigenvalue weighted by Crippen LogP contribution is 2.44. The van der Waals surface area contributed by atoms with Crippen LogP contribution < -0.4 is 4.74 Å². The van der Waals surface area contributed by atoms with Gasteiger partial charge in [-0.2, -0.15) is 0 Å². The van der Waals surface area contributed by atoms with Crippen molar-refractivity contribution in [1.29, 1.82) is 0 Å². The quantitative estimate of drug-likeness (QED) is 0.723. The summed E-state index contributed by atoms with van der Waals surface area (Å²) in [7, 11) is 0. The highest BCUT2D eigenvalue weighted by atomic mass is 16.5. The zero-order valence-electron chi connectivity index (χ0n) is 12.4. The predicted molar refractivity (Wildman–Crippen MR) is 80.7 cm³/mol. The Morgan fingerprint density at radius 1 is 1.26 bits per heavy atom. The molecule has 0 aromatic heterocycles. The Hall–Kier alpha value is -1.42. The molecule has 1 heteroatoms. The Labute approximate surface area is 117 Å². The summed E-state index contributed by atoms with van der Waals surface area (Å²) in [5, 5.41) is 0. The number of fused-ring (bicyclic) bond motifs is 1. The summed E-state index contributed by atoms with van der Waals surface area (Å²) in [6.45, 7) is 7.56. The molecule has 1 nitrogen and oxygen atoms in total. The average Bonchev–Trinajstić information content (AvgIpc) is 2.46. The second-order valence-corrected chi connectivity index (χ2v) is 5.49. The molecule has 0 amide bonds. The Kier molecular flexibility index (Phi) is 4.20. The van der Waals surface area contributed by atoms with Crippen molar-refractivity contribution in [1.82, 2.24) is 0 Å². The second kappa shape index (κ2) is 5.70. The van der Waals surface area contributed by atoms with Crippen molar-refractivity contribution in [2.24, 2.45) is 0 Å². The zero-order valence-corrected chi connectivity index (χ0v) is 12.4. The maximum absolute atomic E-state index is 5.90. The van der Waals surface area contributed by atoms with E-state index < -0.39 is 0 Å². The molecule has 0 radical (unpaired) electrons. The second-order valence-electron chi connectivity index (χ2n) is 5.49. The van der Waals surface area contributed by atoms with Crippen molar-refractivity contribution in [3.05, 3.63) is 28.8 Å². The fourth-order valence-electron chi connectivity index (χ4n) is 3.24. The normalized spacial score (nSPS) is 16.3. The monoisotopic (exact) mass is 256 g/mol. The van der Waals surface area contributed by atoms with Crippen LogP contribution in [0.4, 0.5) is 0 Å². The molecule has 0 fully saturated rings. The van der Waals surface area contributed by atoms with Gasteiger partial charge in [0.05, 0.1) is 6.61 Å². The number of hydrogen-bond acceptors (Lipinski definition) is 1. The summed E-state index contributed by atoms with van der Waals surface area (Å²) in [6.07, 6.45) is 11.2. The van der Waals surface area contributed by atoms with Gasteiger partial charge in [0, 0.05) is 16.5 Å². The van der Waals surface area contributed by atoms with E-state index in [1.807, 2.05) is 0 Å². The number of hydrogen-bond donors (Lipinski definition) is 0. The van der Waals surface area contributed by atoms with Gasteiger partial charge in [0.25, 0.3) is 0 Å². The van der Waals surface area contributed by atoms with Crippen LogP contribution in [0.5, 0.6) is 5.75 Å². The van der Waals surface area contributed by atoms with Crippen LogP contribution in [0.1, 0.15) is 63.1 Å². The maximum Gasteiger partial charge on any atom is 0.123 e. The van der Waals surface area contributed by atoms with Crippen molar-refractivity contribution in [2.75, 3.05) is 6.61 Å². The Bertz CT molecular complexity index is 489. The lowest BCUT2D eigenvalue weighted by Gasteiger charge is -2.38. The molecular weight excluding hydrogens is 232 g/mol. The van der Waals surface area contributed by atoms with Gasteiger partial charge in [0.15, 0.2) is 0 Å². The van der Waals surface area contributed by atoms with Crippen molar-refractivity contribution in [2.45, 2.75) is 58.3 Å². The van der Waals surface area contributed by atoms with Crippen LogP contribution in [0.3, 0.4) is 0 Å². The molecule has 1 aromatic carbocycles. The smallest absolute Gasteiger partial charge is 0.123 e. The van der Waals surface area contributed by atoms with Crippen molar-refractivity contribution < 1.29 is 4.74 Å². The number of rotatable bonds is 4. The minimum Gasteiger partial charge on any atom is -0.493 e. The van der Waals surface area contributed by atoms with E-state index in [4.69, 9.17) is 11.2 Å². The standard InChI is InChI=1S/C18H24O/c1-5-9-15-13-17-16(12-14(15)6-2)18(7-3,8-4)10-11-19-17/h2,12-13H,5,7-11H2,1,3-4H3. The Morgan fingerprint density at radius 2 is 2.00 bits per heavy atom. The van der Waals surface area contributed by atoms with E-state index in [9.17, 15) is 0 Å². The number of benzene rings is 1. The molecule has 1 heterocycles. The molecule has 0 aliphatic carbocycles. The fourth-order valence-corrected chi connectivity index (χ4v) is 3.24. The van der Waals surface area contributed by atoms with Crippen LogP contribution in [-0.4, -0.2) is 6.61 Å². The van der Waals surface area contributed by atoms with Crippen LogP contribution in [0.25, 0.3) is 0 Å². The summed E-state index contributed by atoms with van der Waals surface area (Å²) in [5.74, 6) is 3.93. The van der Waals surface area contributed by atoms with Gasteiger partial charge in [0.2, 0.25) is 0 Å². The van der Waals surface area contributed by atoms with Crippen LogP contribution >= 0.6 is 0 Å². The van der Waals surface area contributed by atoms with Gasteiger partial charge in [-0.1, -0.05) is 33.1 Å². The van der Waals surface area contributed by atoms with Gasteiger partial charge in [-0.3, -0.25) is 0 Å². The maximum atomic E-state index is 5.90. The molecule has 0 saturated heterocycles. The van der Waals surface area contributed by atoms with Crippen molar-refractivity contribution >= 4 is 0 Å². The van der Waals surface area contributed by atoms with E-state index in [0.29, 0.717) is 0 Å². The molecule has 0 saturated carbocycles. The number of terminal acetylenes is 1. The molecule has 1 aromatic rings. The molecule has 0 N–H and O–H groups in total. The van der Waals surface area contributed by atoms with E-state index in [2.05, 4.69) is 38.8 Å². The molecular formula is C18H24O. The zero-order chi connectivity index (χ0) is 13.9. The lowest BCUT2D eigenvalue weighted by atomic mass is 9.71. The van der Waals surface area contributed by atoms with E-state index in [-0.39, 0.29) is 5.41 Å². The predicted octanol–water partition coefficient (Wildman–Crippen LogP) is 4.46. The average molecular weight is 256 g/mol. The van der Waals surface area contributed by atoms with E-state index in [1.54, 1.807) is 0 Å². The highest BCUT2D eigenvalue weighted by molar-refractivity contribution is 5.52. The Morgan fingerprint density at radius 3 is 2.58 bits per heavy atom. The topological polar surface area (TPSA) is 9.23 Å². The summed E-state index contributed by atoms with van der Waals surface area (Å²) in [6, 6.07) is 4.40. The first-order valence-electron chi connectivity index (χ1n) is 7.47. The van der Waals surface area contributed by atoms with Gasteiger partial charge in [-0.05, 0) is 43.4 Å². The van der Waals surface area contributed by atoms with Gasteiger partial charge in [0.1, 0.15) is 5.75 Å². The molecule has 0 unspecified atom stereocenters. The SMILES string of the molecule is C#Cc1cc2c(cc1CCC)OCCC2(CC)CC. The summed E-state index contributed by atoms with van der Waals surface area (Å²) >= 11 is 0. The van der Waals surface area contributed by atoms with E-state index >= 15 is 0 Å². The molecule has 102 valence electrons. The molecule has 0 spiro atoms. The fraction of sp³-hybridized carbons (Fsp3) is 0.556. The first kappa shape index (κ1) is 14.0. The first-order valence-corrected chi connectivity index (χ1v) is 7.47. The molecule has 2 rings (SSSR count). The van der Waals surface area contributed by atoms with Gasteiger partial charge in [-0.25, -0.2) is 0 Å². The van der Waals surface area contributed by atoms with Crippen LogP contribution in [0.15, 0.2) is 12.1 Å². The molecule has 0 bridgehead atoms. The first-order chi connectivity index (χ1) is 9.20. The van der Waals surface area contributed by atoms with E-state index in [0.717, 1.165) is 50.0 Å². The minimum atomic E-state index is 0.254. The molecule has 0 atom stereocenters. The third kappa shape index (κ3) is 2.37. The van der Waals surface area contributed by atoms with Gasteiger partial charge < -0.3 is 4.74 Å². The highest BCUT2D eigenvalue weighted by Gasteiger charge is 2.35. The van der Waals surface area contributed by atoms with Crippen molar-refractivity contribution in [3.63, 3.8) is 0 Å². The molecule has 1 aliphatic heterocycles. The summed E-state index contributed by atoms with van der Waals surface area (Å²) < 4.78 is 5.90. The third-order valence-electron chi connectivity index (χ3n) is 4.64. The number of aryl methyl sites for hydroxylation is 1. The lowest BCUT2D eigenvalue weighted by molar-refractivity contribution is 0.204. The van der Waals surface area contributed by atoms with Crippen LogP contribution in [0.2, 0.25) is 0 Å². The lowest BCUT2D eigenvalue weighted by Crippen LogP contribution is -2.32.